The summed E-state index contributed by atoms with van der Waals surface area (Å²) in [5, 5.41) is 4.35. The monoisotopic (exact) mass is 312 g/mol. The van der Waals surface area contributed by atoms with Crippen molar-refractivity contribution in [3.8, 4) is 0 Å². The zero-order chi connectivity index (χ0) is 15.5. The van der Waals surface area contributed by atoms with Crippen molar-refractivity contribution in [3.63, 3.8) is 0 Å². The van der Waals surface area contributed by atoms with Crippen LogP contribution >= 0.6 is 0 Å². The quantitative estimate of drug-likeness (QED) is 0.896. The van der Waals surface area contributed by atoms with Gasteiger partial charge in [-0.15, -0.1) is 0 Å². The largest absolute Gasteiger partial charge is 0.405 e. The van der Waals surface area contributed by atoms with Gasteiger partial charge in [0.15, 0.2) is 0 Å². The second-order valence-electron chi connectivity index (χ2n) is 4.30. The molecule has 1 N–H and O–H groups in total. The van der Waals surface area contributed by atoms with E-state index in [1.807, 2.05) is 0 Å². The summed E-state index contributed by atoms with van der Waals surface area (Å²) in [5.41, 5.74) is 1.16. The third kappa shape index (κ3) is 4.62. The smallest absolute Gasteiger partial charge is 0.361 e. The lowest BCUT2D eigenvalue weighted by Crippen LogP contribution is -2.40. The summed E-state index contributed by atoms with van der Waals surface area (Å²) in [6, 6.07) is 0. The van der Waals surface area contributed by atoms with Gasteiger partial charge in [-0.25, -0.2) is 0 Å². The zero-order valence-corrected chi connectivity index (χ0v) is 12.0. The van der Waals surface area contributed by atoms with Crippen molar-refractivity contribution < 1.29 is 26.7 Å². The molecule has 1 rings (SSSR count). The Balaban J connectivity index is 2.61. The predicted molar refractivity (Wildman–Crippen MR) is 66.4 cm³/mol. The normalized spacial score (nSPS) is 14.9. The number of aromatic nitrogens is 1. The van der Waals surface area contributed by atoms with E-state index in [-0.39, 0.29) is 5.75 Å². The van der Waals surface area contributed by atoms with E-state index in [0.717, 1.165) is 0 Å². The first kappa shape index (κ1) is 16.7. The molecular weight excluding hydrogens is 297 g/mol. The van der Waals surface area contributed by atoms with Crippen LogP contribution in [-0.2, 0) is 21.3 Å². The molecule has 1 amide bonds. The molecule has 20 heavy (non-hydrogen) atoms. The standard InChI is InChI=1S/C11H15F3N2O3S/c1-6-9(7(2)19-16-6)4-20(18)8(3)10(17)15-5-11(12,13)14/h8H,4-5H2,1-3H3,(H,15,17)/t8-,20+/m1/s1. The molecule has 0 radical (unpaired) electrons. The van der Waals surface area contributed by atoms with E-state index in [1.165, 1.54) is 6.92 Å². The van der Waals surface area contributed by atoms with Crippen LogP contribution in [0.3, 0.4) is 0 Å². The Hall–Kier alpha value is -1.38. The first-order valence-electron chi connectivity index (χ1n) is 5.75. The molecule has 0 aliphatic rings. The molecular formula is C11H15F3N2O3S. The van der Waals surface area contributed by atoms with Crippen molar-refractivity contribution >= 4 is 16.7 Å². The molecule has 0 fully saturated rings. The van der Waals surface area contributed by atoms with Gasteiger partial charge in [-0.1, -0.05) is 5.16 Å². The third-order valence-corrected chi connectivity index (χ3v) is 4.27. The van der Waals surface area contributed by atoms with E-state index in [1.54, 1.807) is 19.2 Å². The van der Waals surface area contributed by atoms with Gasteiger partial charge in [0.25, 0.3) is 0 Å². The summed E-state index contributed by atoms with van der Waals surface area (Å²) in [5.74, 6) is -0.395. The average molecular weight is 312 g/mol. The summed E-state index contributed by atoms with van der Waals surface area (Å²) in [6.07, 6.45) is -4.49. The van der Waals surface area contributed by atoms with Crippen molar-refractivity contribution in [2.45, 2.75) is 38.0 Å². The van der Waals surface area contributed by atoms with Crippen molar-refractivity contribution in [1.82, 2.24) is 10.5 Å². The second kappa shape index (κ2) is 6.38. The maximum Gasteiger partial charge on any atom is 0.405 e. The molecule has 1 aromatic rings. The highest BCUT2D eigenvalue weighted by atomic mass is 32.2. The number of hydrogen-bond donors (Lipinski definition) is 1. The van der Waals surface area contributed by atoms with Gasteiger partial charge in [0, 0.05) is 16.4 Å². The van der Waals surface area contributed by atoms with Gasteiger partial charge >= 0.3 is 6.18 Å². The van der Waals surface area contributed by atoms with Gasteiger partial charge in [0.2, 0.25) is 5.91 Å². The Morgan fingerprint density at radius 3 is 2.50 bits per heavy atom. The predicted octanol–water partition coefficient (Wildman–Crippen LogP) is 1.61. The number of carbonyl (C=O) groups excluding carboxylic acids is 1. The Morgan fingerprint density at radius 1 is 1.45 bits per heavy atom. The molecule has 5 nitrogen and oxygen atoms in total. The summed E-state index contributed by atoms with van der Waals surface area (Å²) >= 11 is 0. The molecule has 0 spiro atoms. The molecule has 1 heterocycles. The van der Waals surface area contributed by atoms with E-state index in [2.05, 4.69) is 5.16 Å². The molecule has 0 unspecified atom stereocenters. The van der Waals surface area contributed by atoms with Crippen molar-refractivity contribution in [1.29, 1.82) is 0 Å². The zero-order valence-electron chi connectivity index (χ0n) is 11.2. The molecule has 9 heteroatoms. The van der Waals surface area contributed by atoms with Crippen molar-refractivity contribution in [3.05, 3.63) is 17.0 Å². The minimum absolute atomic E-state index is 0.0156. The number of carbonyl (C=O) groups is 1. The number of hydrogen-bond acceptors (Lipinski definition) is 4. The van der Waals surface area contributed by atoms with E-state index < -0.39 is 34.7 Å². The van der Waals surface area contributed by atoms with Crippen LogP contribution in [0.4, 0.5) is 13.2 Å². The van der Waals surface area contributed by atoms with Crippen molar-refractivity contribution in [2.24, 2.45) is 0 Å². The Kier molecular flexibility index (Phi) is 5.32. The van der Waals surface area contributed by atoms with Crippen molar-refractivity contribution in [2.75, 3.05) is 6.54 Å². The lowest BCUT2D eigenvalue weighted by Gasteiger charge is -2.13. The number of amides is 1. The number of halogens is 3. The summed E-state index contributed by atoms with van der Waals surface area (Å²) in [4.78, 5) is 11.5. The van der Waals surface area contributed by atoms with Gasteiger partial charge in [0.1, 0.15) is 17.6 Å². The summed E-state index contributed by atoms with van der Waals surface area (Å²) in [7, 11) is -1.65. The summed E-state index contributed by atoms with van der Waals surface area (Å²) in [6.45, 7) is 3.19. The maximum absolute atomic E-state index is 12.0. The average Bonchev–Trinajstić information content (AvgIpc) is 2.65. The SMILES string of the molecule is Cc1noc(C)c1C[S@](=O)[C@H](C)C(=O)NCC(F)(F)F. The van der Waals surface area contributed by atoms with Crippen LogP contribution in [0.25, 0.3) is 0 Å². The Bertz CT molecular complexity index is 494. The number of aryl methyl sites for hydroxylation is 2. The molecule has 0 aromatic carbocycles. The van der Waals surface area contributed by atoms with Gasteiger partial charge in [-0.3, -0.25) is 9.00 Å². The van der Waals surface area contributed by atoms with Gasteiger partial charge in [-0.05, 0) is 20.8 Å². The molecule has 114 valence electrons. The second-order valence-corrected chi connectivity index (χ2v) is 6.06. The molecule has 0 bridgehead atoms. The van der Waals surface area contributed by atoms with Crippen LogP contribution in [0, 0.1) is 13.8 Å². The van der Waals surface area contributed by atoms with Gasteiger partial charge < -0.3 is 9.84 Å². The minimum atomic E-state index is -4.49. The van der Waals surface area contributed by atoms with E-state index in [0.29, 0.717) is 17.0 Å². The highest BCUT2D eigenvalue weighted by Crippen LogP contribution is 2.17. The first-order valence-corrected chi connectivity index (χ1v) is 7.13. The minimum Gasteiger partial charge on any atom is -0.361 e. The summed E-state index contributed by atoms with van der Waals surface area (Å²) < 4.78 is 52.8. The highest BCUT2D eigenvalue weighted by Gasteiger charge is 2.30. The van der Waals surface area contributed by atoms with E-state index in [4.69, 9.17) is 4.52 Å². The fourth-order valence-corrected chi connectivity index (χ4v) is 2.69. The lowest BCUT2D eigenvalue weighted by molar-refractivity contribution is -0.137. The van der Waals surface area contributed by atoms with Crippen LogP contribution in [0.15, 0.2) is 4.52 Å². The third-order valence-electron chi connectivity index (χ3n) is 2.69. The van der Waals surface area contributed by atoms with Crippen LogP contribution in [0.5, 0.6) is 0 Å². The number of rotatable bonds is 5. The Morgan fingerprint density at radius 2 is 2.05 bits per heavy atom. The molecule has 0 aliphatic heterocycles. The molecule has 0 saturated heterocycles. The molecule has 0 saturated carbocycles. The topological polar surface area (TPSA) is 72.2 Å². The molecule has 0 aliphatic carbocycles. The van der Waals surface area contributed by atoms with Gasteiger partial charge in [-0.2, -0.15) is 13.2 Å². The number of nitrogens with zero attached hydrogens (tertiary/aromatic N) is 1. The first-order chi connectivity index (χ1) is 9.11. The highest BCUT2D eigenvalue weighted by molar-refractivity contribution is 7.85. The van der Waals surface area contributed by atoms with E-state index in [9.17, 15) is 22.2 Å². The van der Waals surface area contributed by atoms with E-state index >= 15 is 0 Å². The van der Waals surface area contributed by atoms with Gasteiger partial charge in [0.05, 0.1) is 11.4 Å². The molecule has 2 atom stereocenters. The van der Waals surface area contributed by atoms with Crippen LogP contribution in [-0.4, -0.2) is 33.2 Å². The van der Waals surface area contributed by atoms with Crippen LogP contribution in [0.2, 0.25) is 0 Å². The fraction of sp³-hybridized carbons (Fsp3) is 0.636. The van der Waals surface area contributed by atoms with Crippen LogP contribution < -0.4 is 5.32 Å². The van der Waals surface area contributed by atoms with Crippen LogP contribution in [0.1, 0.15) is 23.9 Å². The Labute approximate surface area is 116 Å². The fourth-order valence-electron chi connectivity index (χ4n) is 1.43. The number of nitrogens with one attached hydrogen (secondary N) is 1. The maximum atomic E-state index is 12.0. The number of alkyl halides is 3. The molecule has 1 aromatic heterocycles. The lowest BCUT2D eigenvalue weighted by atomic mass is 10.2.